The van der Waals surface area contributed by atoms with Crippen LogP contribution < -0.4 is 5.73 Å². The third kappa shape index (κ3) is 3.17. The quantitative estimate of drug-likeness (QED) is 0.852. The fourth-order valence-corrected chi connectivity index (χ4v) is 5.29. The van der Waals surface area contributed by atoms with E-state index in [2.05, 4.69) is 29.8 Å². The Labute approximate surface area is 149 Å². The minimum atomic E-state index is -0.0839. The topological polar surface area (TPSA) is 50.8 Å². The highest BCUT2D eigenvalue weighted by molar-refractivity contribution is 7.12. The molecule has 4 nitrogen and oxygen atoms in total. The van der Waals surface area contributed by atoms with Crippen LogP contribution in [0.4, 0.5) is 0 Å². The number of aliphatic imine (C=N–C) groups is 1. The molecule has 1 aromatic rings. The molecule has 0 bridgehead atoms. The smallest absolute Gasteiger partial charge is 0.0991 e. The van der Waals surface area contributed by atoms with Gasteiger partial charge >= 0.3 is 0 Å². The van der Waals surface area contributed by atoms with E-state index in [0.717, 1.165) is 51.1 Å². The zero-order valence-electron chi connectivity index (χ0n) is 15.0. The van der Waals surface area contributed by atoms with E-state index in [-0.39, 0.29) is 5.60 Å². The Kier molecular flexibility index (Phi) is 5.42. The molecule has 2 atom stereocenters. The van der Waals surface area contributed by atoms with E-state index in [1.807, 2.05) is 17.6 Å². The highest BCUT2D eigenvalue weighted by atomic mass is 32.1. The van der Waals surface area contributed by atoms with E-state index in [1.165, 1.54) is 10.4 Å². The second-order valence-electron chi connectivity index (χ2n) is 6.91. The normalized spacial score (nSPS) is 28.6. The minimum absolute atomic E-state index is 0.0839. The zero-order chi connectivity index (χ0) is 17.2. The lowest BCUT2D eigenvalue weighted by Crippen LogP contribution is -2.52. The van der Waals surface area contributed by atoms with E-state index in [0.29, 0.717) is 5.92 Å². The van der Waals surface area contributed by atoms with Crippen LogP contribution in [0.25, 0.3) is 0 Å². The molecule has 0 radical (unpaired) electrons. The average Bonchev–Trinajstić information content (AvgIpc) is 3.02. The molecule has 3 heterocycles. The van der Waals surface area contributed by atoms with Gasteiger partial charge in [-0.25, -0.2) is 0 Å². The molecule has 0 saturated carbocycles. The molecular formula is C19H29N3OS. The first-order valence-electron chi connectivity index (χ1n) is 8.94. The average molecular weight is 348 g/mol. The molecule has 1 spiro atoms. The second-order valence-corrected chi connectivity index (χ2v) is 8.13. The van der Waals surface area contributed by atoms with Gasteiger partial charge in [0.05, 0.1) is 12.2 Å². The van der Waals surface area contributed by atoms with Gasteiger partial charge in [-0.1, -0.05) is 13.8 Å². The zero-order valence-corrected chi connectivity index (χ0v) is 15.9. The van der Waals surface area contributed by atoms with Crippen molar-refractivity contribution in [3.63, 3.8) is 0 Å². The van der Waals surface area contributed by atoms with Gasteiger partial charge in [-0.05, 0) is 36.2 Å². The van der Waals surface area contributed by atoms with Crippen LogP contribution in [0.3, 0.4) is 0 Å². The van der Waals surface area contributed by atoms with Crippen molar-refractivity contribution in [3.8, 4) is 0 Å². The third-order valence-electron chi connectivity index (χ3n) is 5.40. The first-order valence-corrected chi connectivity index (χ1v) is 9.76. The molecule has 24 heavy (non-hydrogen) atoms. The van der Waals surface area contributed by atoms with Crippen molar-refractivity contribution in [1.82, 2.24) is 4.90 Å². The fourth-order valence-electron chi connectivity index (χ4n) is 4.12. The molecule has 0 amide bonds. The van der Waals surface area contributed by atoms with Crippen LogP contribution in [0.15, 0.2) is 22.8 Å². The first kappa shape index (κ1) is 17.6. The maximum absolute atomic E-state index is 6.44. The molecule has 132 valence electrons. The molecule has 2 aliphatic rings. The summed E-state index contributed by atoms with van der Waals surface area (Å²) in [6, 6.07) is 2.42. The number of nitrogens with two attached hydrogens (primary N) is 1. The van der Waals surface area contributed by atoms with Gasteiger partial charge in [0.1, 0.15) is 0 Å². The van der Waals surface area contributed by atoms with Crippen LogP contribution in [-0.2, 0) is 23.2 Å². The Morgan fingerprint density at radius 1 is 1.58 bits per heavy atom. The van der Waals surface area contributed by atoms with E-state index < -0.39 is 0 Å². The van der Waals surface area contributed by atoms with E-state index in [4.69, 9.17) is 10.5 Å². The maximum Gasteiger partial charge on any atom is 0.0991 e. The van der Waals surface area contributed by atoms with Crippen LogP contribution in [0.2, 0.25) is 0 Å². The molecule has 0 aliphatic carbocycles. The van der Waals surface area contributed by atoms with Crippen molar-refractivity contribution < 1.29 is 4.74 Å². The van der Waals surface area contributed by atoms with Gasteiger partial charge in [0.25, 0.3) is 0 Å². The van der Waals surface area contributed by atoms with Gasteiger partial charge in [-0.15, -0.1) is 11.3 Å². The van der Waals surface area contributed by atoms with Crippen molar-refractivity contribution in [2.24, 2.45) is 16.6 Å². The van der Waals surface area contributed by atoms with Gasteiger partial charge in [-0.3, -0.25) is 9.89 Å². The highest BCUT2D eigenvalue weighted by Gasteiger charge is 2.46. The van der Waals surface area contributed by atoms with Crippen molar-refractivity contribution >= 4 is 17.6 Å². The van der Waals surface area contributed by atoms with Crippen LogP contribution >= 0.6 is 11.3 Å². The van der Waals surface area contributed by atoms with Gasteiger partial charge < -0.3 is 10.5 Å². The summed E-state index contributed by atoms with van der Waals surface area (Å²) in [5, 5.41) is 0. The van der Waals surface area contributed by atoms with Crippen LogP contribution in [-0.4, -0.2) is 44.4 Å². The lowest BCUT2D eigenvalue weighted by atomic mass is 9.75. The molecular weight excluding hydrogens is 318 g/mol. The largest absolute Gasteiger partial charge is 0.404 e. The molecule has 1 saturated heterocycles. The summed E-state index contributed by atoms with van der Waals surface area (Å²) in [7, 11) is 1.79. The van der Waals surface area contributed by atoms with Crippen molar-refractivity contribution in [2.75, 3.05) is 33.3 Å². The Hall–Kier alpha value is -1.17. The summed E-state index contributed by atoms with van der Waals surface area (Å²) >= 11 is 1.99. The summed E-state index contributed by atoms with van der Waals surface area (Å²) in [5.74, 6) is 0.474. The number of nitrogens with zero attached hydrogens (tertiary/aromatic N) is 2. The number of hydrogen-bond acceptors (Lipinski definition) is 5. The molecule has 1 fully saturated rings. The summed E-state index contributed by atoms with van der Waals surface area (Å²) in [6.45, 7) is 8.38. The van der Waals surface area contributed by atoms with Gasteiger partial charge in [0.15, 0.2) is 0 Å². The fraction of sp³-hybridized carbons (Fsp3) is 0.632. The van der Waals surface area contributed by atoms with E-state index >= 15 is 0 Å². The Bertz CT molecular complexity index is 637. The van der Waals surface area contributed by atoms with Gasteiger partial charge in [0, 0.05) is 55.0 Å². The molecule has 2 unspecified atom stereocenters. The first-order chi connectivity index (χ1) is 11.6. The highest BCUT2D eigenvalue weighted by Crippen LogP contribution is 2.47. The van der Waals surface area contributed by atoms with Gasteiger partial charge in [0.2, 0.25) is 0 Å². The summed E-state index contributed by atoms with van der Waals surface area (Å²) in [4.78, 5) is 9.61. The Morgan fingerprint density at radius 3 is 3.08 bits per heavy atom. The number of aryl methyl sites for hydroxylation is 1. The summed E-state index contributed by atoms with van der Waals surface area (Å²) in [6.07, 6.45) is 6.78. The Morgan fingerprint density at radius 2 is 2.42 bits per heavy atom. The molecule has 5 heteroatoms. The van der Waals surface area contributed by atoms with E-state index in [1.54, 1.807) is 18.1 Å². The monoisotopic (exact) mass is 347 g/mol. The molecule has 0 aromatic carbocycles. The number of piperidine rings is 1. The van der Waals surface area contributed by atoms with Crippen molar-refractivity contribution in [1.29, 1.82) is 0 Å². The molecule has 1 aromatic heterocycles. The van der Waals surface area contributed by atoms with Crippen molar-refractivity contribution in [2.45, 2.75) is 38.7 Å². The number of hydrogen-bond donors (Lipinski definition) is 1. The Balaban J connectivity index is 1.78. The lowest BCUT2D eigenvalue weighted by molar-refractivity contribution is -0.130. The number of rotatable bonds is 4. The summed E-state index contributed by atoms with van der Waals surface area (Å²) < 4.78 is 6.44. The minimum Gasteiger partial charge on any atom is -0.404 e. The second kappa shape index (κ2) is 7.38. The number of ether oxygens (including phenoxy) is 1. The predicted molar refractivity (Wildman–Crippen MR) is 102 cm³/mol. The van der Waals surface area contributed by atoms with Crippen LogP contribution in [0.1, 0.15) is 35.6 Å². The molecule has 3 rings (SSSR count). The lowest BCUT2D eigenvalue weighted by Gasteiger charge is -2.48. The predicted octanol–water partition coefficient (Wildman–Crippen LogP) is 2.96. The SMILES string of the molecule is CCc1cc2c(s1)CCOC21CCN(CC(C=NC)=CN)CC1C. The number of fused-ring (bicyclic) bond motifs is 2. The summed E-state index contributed by atoms with van der Waals surface area (Å²) in [5.41, 5.74) is 8.20. The van der Waals surface area contributed by atoms with Crippen LogP contribution in [0.5, 0.6) is 0 Å². The third-order valence-corrected chi connectivity index (χ3v) is 6.74. The maximum atomic E-state index is 6.44. The number of likely N-dealkylation sites (tertiary alicyclic amines) is 1. The van der Waals surface area contributed by atoms with Crippen LogP contribution in [0, 0.1) is 5.92 Å². The van der Waals surface area contributed by atoms with E-state index in [9.17, 15) is 0 Å². The van der Waals surface area contributed by atoms with Crippen molar-refractivity contribution in [3.05, 3.63) is 33.2 Å². The molecule has 2 aliphatic heterocycles. The van der Waals surface area contributed by atoms with Gasteiger partial charge in [-0.2, -0.15) is 0 Å². The molecule has 2 N–H and O–H groups in total. The number of thiophene rings is 1. The standard InChI is InChI=1S/C19H29N3OS/c1-4-16-9-17-18(24-16)5-8-23-19(17)6-7-22(12-14(19)2)13-15(10-20)11-21-3/h9-11,14H,4-8,12-13,20H2,1-3H3.